The lowest BCUT2D eigenvalue weighted by molar-refractivity contribution is 0.354. The van der Waals surface area contributed by atoms with E-state index in [-0.39, 0.29) is 6.04 Å². The van der Waals surface area contributed by atoms with E-state index in [2.05, 4.69) is 17.1 Å². The third-order valence-corrected chi connectivity index (χ3v) is 2.91. The minimum absolute atomic E-state index is 0.157. The van der Waals surface area contributed by atoms with Gasteiger partial charge in [-0.1, -0.05) is 12.1 Å². The zero-order chi connectivity index (χ0) is 10.1. The summed E-state index contributed by atoms with van der Waals surface area (Å²) in [5.74, 6) is 2.68. The Hall–Kier alpha value is -0.900. The first-order valence-electron chi connectivity index (χ1n) is 5.26. The molecule has 0 amide bonds. The Kier molecular flexibility index (Phi) is 2.54. The first-order valence-corrected chi connectivity index (χ1v) is 5.26. The fraction of sp³-hybridized carbons (Fsp3) is 0.800. The van der Waals surface area contributed by atoms with E-state index in [1.54, 1.807) is 0 Å². The first-order chi connectivity index (χ1) is 6.66. The highest BCUT2D eigenvalue weighted by Crippen LogP contribution is 2.36. The Balaban J connectivity index is 2.09. The Morgan fingerprint density at radius 1 is 1.50 bits per heavy atom. The van der Waals surface area contributed by atoms with Crippen LogP contribution in [0.25, 0.3) is 0 Å². The highest BCUT2D eigenvalue weighted by Gasteiger charge is 2.27. The molecule has 1 aliphatic rings. The molecule has 1 aliphatic carbocycles. The van der Waals surface area contributed by atoms with E-state index >= 15 is 0 Å². The van der Waals surface area contributed by atoms with Gasteiger partial charge >= 0.3 is 0 Å². The van der Waals surface area contributed by atoms with E-state index in [0.717, 1.165) is 11.7 Å². The van der Waals surface area contributed by atoms with Crippen molar-refractivity contribution in [2.75, 3.05) is 0 Å². The van der Waals surface area contributed by atoms with Crippen LogP contribution in [0.2, 0.25) is 0 Å². The van der Waals surface area contributed by atoms with Gasteiger partial charge in [0.05, 0.1) is 6.04 Å². The summed E-state index contributed by atoms with van der Waals surface area (Å²) in [6, 6.07) is -0.157. The van der Waals surface area contributed by atoms with Crippen molar-refractivity contribution in [1.29, 1.82) is 0 Å². The second kappa shape index (κ2) is 3.69. The van der Waals surface area contributed by atoms with E-state index in [4.69, 9.17) is 10.3 Å². The van der Waals surface area contributed by atoms with Gasteiger partial charge in [-0.2, -0.15) is 4.98 Å². The van der Waals surface area contributed by atoms with E-state index in [1.807, 2.05) is 6.92 Å². The van der Waals surface area contributed by atoms with Crippen LogP contribution < -0.4 is 5.73 Å². The average molecular weight is 195 g/mol. The normalized spacial score (nSPS) is 29.4. The van der Waals surface area contributed by atoms with Crippen LogP contribution in [0.15, 0.2) is 4.52 Å². The molecule has 0 spiro atoms. The lowest BCUT2D eigenvalue weighted by Crippen LogP contribution is -2.05. The number of hydrogen-bond donors (Lipinski definition) is 1. The predicted molar refractivity (Wildman–Crippen MR) is 52.7 cm³/mol. The molecule has 4 nitrogen and oxygen atoms in total. The van der Waals surface area contributed by atoms with Gasteiger partial charge in [0.25, 0.3) is 0 Å². The maximum atomic E-state index is 5.66. The Morgan fingerprint density at radius 3 is 2.79 bits per heavy atom. The summed E-state index contributed by atoms with van der Waals surface area (Å²) in [5.41, 5.74) is 5.66. The van der Waals surface area contributed by atoms with Crippen molar-refractivity contribution in [3.05, 3.63) is 11.7 Å². The van der Waals surface area contributed by atoms with Gasteiger partial charge in [-0.25, -0.2) is 0 Å². The molecule has 3 atom stereocenters. The monoisotopic (exact) mass is 195 g/mol. The molecule has 78 valence electrons. The molecule has 0 saturated heterocycles. The van der Waals surface area contributed by atoms with Crippen LogP contribution in [0.5, 0.6) is 0 Å². The van der Waals surface area contributed by atoms with Crippen LogP contribution in [0, 0.1) is 5.92 Å². The molecule has 0 aliphatic heterocycles. The number of hydrogen-bond acceptors (Lipinski definition) is 4. The molecule has 0 aromatic carbocycles. The minimum Gasteiger partial charge on any atom is -0.338 e. The largest absolute Gasteiger partial charge is 0.338 e. The van der Waals surface area contributed by atoms with Crippen molar-refractivity contribution in [1.82, 2.24) is 10.1 Å². The molecule has 1 fully saturated rings. The Bertz CT molecular complexity index is 308. The molecule has 0 bridgehead atoms. The van der Waals surface area contributed by atoms with Crippen LogP contribution in [0.1, 0.15) is 56.8 Å². The van der Waals surface area contributed by atoms with Crippen molar-refractivity contribution in [3.8, 4) is 0 Å². The fourth-order valence-corrected chi connectivity index (χ4v) is 2.04. The number of aromatic nitrogens is 2. The summed E-state index contributed by atoms with van der Waals surface area (Å²) in [6.07, 6.45) is 3.63. The molecule has 2 N–H and O–H groups in total. The second-order valence-electron chi connectivity index (χ2n) is 4.39. The highest BCUT2D eigenvalue weighted by molar-refractivity contribution is 5.00. The highest BCUT2D eigenvalue weighted by atomic mass is 16.5. The maximum Gasteiger partial charge on any atom is 0.243 e. The van der Waals surface area contributed by atoms with Crippen molar-refractivity contribution in [3.63, 3.8) is 0 Å². The van der Waals surface area contributed by atoms with Crippen molar-refractivity contribution < 1.29 is 4.52 Å². The smallest absolute Gasteiger partial charge is 0.243 e. The summed E-state index contributed by atoms with van der Waals surface area (Å²) in [6.45, 7) is 4.13. The standard InChI is InChI=1S/C10H17N3O/c1-6-3-4-8(5-6)9-12-10(7(2)11)14-13-9/h6-8H,3-5,11H2,1-2H3/t6?,7-,8?/m0/s1. The Labute approximate surface area is 83.9 Å². The summed E-state index contributed by atoms with van der Waals surface area (Å²) < 4.78 is 5.09. The van der Waals surface area contributed by atoms with E-state index in [9.17, 15) is 0 Å². The minimum atomic E-state index is -0.157. The molecule has 1 aromatic heterocycles. The van der Waals surface area contributed by atoms with Gasteiger partial charge in [0.1, 0.15) is 0 Å². The summed E-state index contributed by atoms with van der Waals surface area (Å²) in [4.78, 5) is 4.32. The third-order valence-electron chi connectivity index (χ3n) is 2.91. The molecule has 4 heteroatoms. The quantitative estimate of drug-likeness (QED) is 0.783. The molecular weight excluding hydrogens is 178 g/mol. The molecule has 1 saturated carbocycles. The number of nitrogens with zero attached hydrogens (tertiary/aromatic N) is 2. The van der Waals surface area contributed by atoms with Crippen molar-refractivity contribution in [2.24, 2.45) is 11.7 Å². The van der Waals surface area contributed by atoms with Gasteiger partial charge in [-0.15, -0.1) is 0 Å². The van der Waals surface area contributed by atoms with Gasteiger partial charge < -0.3 is 10.3 Å². The molecule has 1 aromatic rings. The maximum absolute atomic E-state index is 5.66. The zero-order valence-corrected chi connectivity index (χ0v) is 8.73. The second-order valence-corrected chi connectivity index (χ2v) is 4.39. The SMILES string of the molecule is CC1CCC(c2noc([C@H](C)N)n2)C1. The summed E-state index contributed by atoms with van der Waals surface area (Å²) >= 11 is 0. The summed E-state index contributed by atoms with van der Waals surface area (Å²) in [7, 11) is 0. The van der Waals surface area contributed by atoms with Gasteiger partial charge in [-0.05, 0) is 32.1 Å². The number of rotatable bonds is 2. The zero-order valence-electron chi connectivity index (χ0n) is 8.73. The first kappa shape index (κ1) is 9.65. The molecule has 2 unspecified atom stereocenters. The van der Waals surface area contributed by atoms with Gasteiger partial charge in [0.2, 0.25) is 5.89 Å². The van der Waals surface area contributed by atoms with Crippen molar-refractivity contribution >= 4 is 0 Å². The molecule has 2 rings (SSSR count). The molecule has 14 heavy (non-hydrogen) atoms. The van der Waals surface area contributed by atoms with Crippen LogP contribution in [0.3, 0.4) is 0 Å². The lowest BCUT2D eigenvalue weighted by Gasteiger charge is -2.01. The molecular formula is C10H17N3O. The van der Waals surface area contributed by atoms with E-state index in [1.165, 1.54) is 19.3 Å². The summed E-state index contributed by atoms with van der Waals surface area (Å²) in [5, 5.41) is 3.99. The van der Waals surface area contributed by atoms with Crippen LogP contribution in [0.4, 0.5) is 0 Å². The third kappa shape index (κ3) is 1.80. The van der Waals surface area contributed by atoms with Crippen molar-refractivity contribution in [2.45, 2.75) is 45.1 Å². The fourth-order valence-electron chi connectivity index (χ4n) is 2.04. The van der Waals surface area contributed by atoms with E-state index in [0.29, 0.717) is 11.8 Å². The lowest BCUT2D eigenvalue weighted by atomic mass is 10.1. The van der Waals surface area contributed by atoms with Gasteiger partial charge in [0.15, 0.2) is 5.82 Å². The average Bonchev–Trinajstić information content (AvgIpc) is 2.70. The van der Waals surface area contributed by atoms with Crippen LogP contribution in [-0.2, 0) is 0 Å². The van der Waals surface area contributed by atoms with E-state index < -0.39 is 0 Å². The Morgan fingerprint density at radius 2 is 2.29 bits per heavy atom. The van der Waals surface area contributed by atoms with Gasteiger partial charge in [-0.3, -0.25) is 0 Å². The predicted octanol–water partition coefficient (Wildman–Crippen LogP) is 1.99. The van der Waals surface area contributed by atoms with Crippen LogP contribution >= 0.6 is 0 Å². The molecule has 0 radical (unpaired) electrons. The van der Waals surface area contributed by atoms with Crippen LogP contribution in [-0.4, -0.2) is 10.1 Å². The topological polar surface area (TPSA) is 64.9 Å². The van der Waals surface area contributed by atoms with Gasteiger partial charge in [0, 0.05) is 5.92 Å². The number of nitrogens with two attached hydrogens (primary N) is 1. The molecule has 1 heterocycles.